The molecule has 2 atom stereocenters. The van der Waals surface area contributed by atoms with Crippen LogP contribution in [0.5, 0.6) is 11.8 Å². The van der Waals surface area contributed by atoms with Crippen LogP contribution in [0, 0.1) is 10.8 Å². The molecule has 8 nitrogen and oxygen atoms in total. The number of hydrogen-bond acceptors (Lipinski definition) is 8. The molecular formula is C30H44N2O6S4. The molecule has 0 aromatic carbocycles. The number of aromatic nitrogens is 2. The summed E-state index contributed by atoms with van der Waals surface area (Å²) in [5, 5.41) is 21.2. The monoisotopic (exact) mass is 656 g/mol. The minimum Gasteiger partial charge on any atom is -0.494 e. The van der Waals surface area contributed by atoms with Crippen LogP contribution < -0.4 is 11.1 Å². The average Bonchev–Trinajstić information content (AvgIpc) is 3.59. The van der Waals surface area contributed by atoms with Gasteiger partial charge in [-0.3, -0.25) is 27.1 Å². The molecule has 12 heteroatoms. The van der Waals surface area contributed by atoms with E-state index >= 15 is 0 Å². The fraction of sp³-hybridized carbons (Fsp3) is 0.667. The van der Waals surface area contributed by atoms with Gasteiger partial charge in [-0.2, -0.15) is 0 Å². The van der Waals surface area contributed by atoms with Gasteiger partial charge in [-0.15, -0.1) is 23.5 Å². The van der Waals surface area contributed by atoms with Crippen LogP contribution in [-0.2, 0) is 47.5 Å². The van der Waals surface area contributed by atoms with Crippen molar-refractivity contribution in [3.63, 3.8) is 0 Å². The van der Waals surface area contributed by atoms with Crippen LogP contribution >= 0.6 is 23.5 Å². The summed E-state index contributed by atoms with van der Waals surface area (Å²) in [7, 11) is -2.17. The normalized spacial score (nSPS) is 16.4. The SMILES string of the molecule is CC(C)(CCn1c(O)c2c(cc1=O)SCC2)CCS(=O)CCS(=O)CCC(C)(C)CCn1c(O)c2c(cc1=O)SCC2. The van der Waals surface area contributed by atoms with Crippen molar-refractivity contribution in [2.75, 3.05) is 34.5 Å². The van der Waals surface area contributed by atoms with Crippen molar-refractivity contribution in [1.82, 2.24) is 9.13 Å². The highest BCUT2D eigenvalue weighted by Gasteiger charge is 2.25. The second kappa shape index (κ2) is 14.1. The van der Waals surface area contributed by atoms with Crippen molar-refractivity contribution in [3.8, 4) is 11.8 Å². The minimum absolute atomic E-state index is 0.0852. The third-order valence-corrected chi connectivity index (χ3v) is 13.5. The Morgan fingerprint density at radius 3 is 1.45 bits per heavy atom. The topological polar surface area (TPSA) is 119 Å². The van der Waals surface area contributed by atoms with E-state index in [4.69, 9.17) is 0 Å². The van der Waals surface area contributed by atoms with E-state index in [-0.39, 0.29) is 33.7 Å². The van der Waals surface area contributed by atoms with Crippen LogP contribution in [0.3, 0.4) is 0 Å². The maximum Gasteiger partial charge on any atom is 0.254 e. The standard InChI is InChI=1S/C30H44N2O6S4/c1-29(2,7-11-31-25(33)19-23-21(27(31)35)5-13-39-23)9-15-41(37)17-18-42(38)16-10-30(3,4)8-12-32-26(34)20-24-22(28(32)36)6-14-40-24/h19-20,35-36H,5-18H2,1-4H3. The fourth-order valence-electron chi connectivity index (χ4n) is 5.24. The van der Waals surface area contributed by atoms with Gasteiger partial charge in [0, 0.05) is 102 Å². The van der Waals surface area contributed by atoms with Gasteiger partial charge in [-0.05, 0) is 49.4 Å². The van der Waals surface area contributed by atoms with E-state index in [9.17, 15) is 28.2 Å². The van der Waals surface area contributed by atoms with Gasteiger partial charge in [0.05, 0.1) is 0 Å². The van der Waals surface area contributed by atoms with E-state index in [0.29, 0.717) is 61.8 Å². The molecule has 4 heterocycles. The third-order valence-electron chi connectivity index (χ3n) is 8.48. The lowest BCUT2D eigenvalue weighted by Crippen LogP contribution is -2.26. The minimum atomic E-state index is -1.08. The molecule has 0 aliphatic carbocycles. The highest BCUT2D eigenvalue weighted by Crippen LogP contribution is 2.37. The molecule has 0 amide bonds. The van der Waals surface area contributed by atoms with Gasteiger partial charge in [0.2, 0.25) is 0 Å². The van der Waals surface area contributed by atoms with Crippen LogP contribution in [0.25, 0.3) is 0 Å². The zero-order chi connectivity index (χ0) is 30.7. The average molecular weight is 657 g/mol. The first kappa shape index (κ1) is 33.4. The van der Waals surface area contributed by atoms with Crippen molar-refractivity contribution in [3.05, 3.63) is 44.0 Å². The quantitative estimate of drug-likeness (QED) is 0.287. The second-order valence-electron chi connectivity index (χ2n) is 12.8. The number of rotatable bonds is 15. The summed E-state index contributed by atoms with van der Waals surface area (Å²) >= 11 is 3.21. The molecule has 2 aromatic rings. The molecule has 0 radical (unpaired) electrons. The number of thioether (sulfide) groups is 2. The summed E-state index contributed by atoms with van der Waals surface area (Å²) in [6.07, 6.45) is 4.33. The Morgan fingerprint density at radius 2 is 1.07 bits per heavy atom. The van der Waals surface area contributed by atoms with Crippen molar-refractivity contribution in [2.45, 2.75) is 89.1 Å². The van der Waals surface area contributed by atoms with Gasteiger partial charge in [-0.1, -0.05) is 27.7 Å². The molecular weight excluding hydrogens is 613 g/mol. The first-order valence-corrected chi connectivity index (χ1v) is 19.6. The van der Waals surface area contributed by atoms with Crippen LogP contribution in [0.4, 0.5) is 0 Å². The Labute approximate surface area is 262 Å². The Morgan fingerprint density at radius 1 is 0.690 bits per heavy atom. The van der Waals surface area contributed by atoms with E-state index in [1.807, 2.05) is 0 Å². The predicted molar refractivity (Wildman–Crippen MR) is 175 cm³/mol. The van der Waals surface area contributed by atoms with Crippen molar-refractivity contribution in [1.29, 1.82) is 0 Å². The fourth-order valence-corrected chi connectivity index (χ4v) is 10.9. The maximum atomic E-state index is 12.7. The molecule has 2 aliphatic rings. The Kier molecular flexibility index (Phi) is 11.2. The number of fused-ring (bicyclic) bond motifs is 2. The van der Waals surface area contributed by atoms with Gasteiger partial charge in [0.25, 0.3) is 11.1 Å². The van der Waals surface area contributed by atoms with E-state index in [2.05, 4.69) is 27.7 Å². The molecule has 0 spiro atoms. The highest BCUT2D eigenvalue weighted by atomic mass is 32.2. The summed E-state index contributed by atoms with van der Waals surface area (Å²) in [5.74, 6) is 3.74. The largest absolute Gasteiger partial charge is 0.494 e. The third kappa shape index (κ3) is 8.57. The van der Waals surface area contributed by atoms with E-state index < -0.39 is 21.6 Å². The summed E-state index contributed by atoms with van der Waals surface area (Å²) in [4.78, 5) is 26.8. The van der Waals surface area contributed by atoms with E-state index in [1.54, 1.807) is 35.7 Å². The van der Waals surface area contributed by atoms with Gasteiger partial charge in [-0.25, -0.2) is 0 Å². The number of hydrogen-bond donors (Lipinski definition) is 2. The van der Waals surface area contributed by atoms with Gasteiger partial charge >= 0.3 is 0 Å². The first-order chi connectivity index (χ1) is 19.8. The molecule has 0 bridgehead atoms. The van der Waals surface area contributed by atoms with Crippen LogP contribution in [0.1, 0.15) is 64.5 Å². The molecule has 0 fully saturated rings. The van der Waals surface area contributed by atoms with E-state index in [1.165, 1.54) is 9.13 Å². The van der Waals surface area contributed by atoms with Gasteiger partial charge in [0.1, 0.15) is 0 Å². The molecule has 2 aliphatic heterocycles. The zero-order valence-electron chi connectivity index (χ0n) is 25.1. The molecule has 0 saturated heterocycles. The molecule has 42 heavy (non-hydrogen) atoms. The molecule has 2 N–H and O–H groups in total. The molecule has 0 saturated carbocycles. The number of aromatic hydroxyl groups is 2. The molecule has 4 rings (SSSR count). The van der Waals surface area contributed by atoms with Gasteiger partial charge < -0.3 is 10.2 Å². The summed E-state index contributed by atoms with van der Waals surface area (Å²) in [6.45, 7) is 9.19. The van der Waals surface area contributed by atoms with E-state index in [0.717, 1.165) is 45.3 Å². The van der Waals surface area contributed by atoms with Crippen molar-refractivity contribution >= 4 is 45.1 Å². The Bertz CT molecular complexity index is 1350. The number of nitrogens with zero attached hydrogens (tertiary/aromatic N) is 2. The molecule has 2 unspecified atom stereocenters. The van der Waals surface area contributed by atoms with Crippen molar-refractivity contribution < 1.29 is 18.6 Å². The smallest absolute Gasteiger partial charge is 0.254 e. The summed E-state index contributed by atoms with van der Waals surface area (Å²) < 4.78 is 28.4. The lowest BCUT2D eigenvalue weighted by atomic mass is 9.86. The number of pyridine rings is 2. The van der Waals surface area contributed by atoms with Crippen molar-refractivity contribution in [2.24, 2.45) is 10.8 Å². The van der Waals surface area contributed by atoms with Crippen LogP contribution in [0.15, 0.2) is 31.5 Å². The first-order valence-electron chi connectivity index (χ1n) is 14.6. The van der Waals surface area contributed by atoms with Crippen LogP contribution in [0.2, 0.25) is 0 Å². The predicted octanol–water partition coefficient (Wildman–Crippen LogP) is 4.53. The van der Waals surface area contributed by atoms with Crippen LogP contribution in [-0.4, -0.2) is 62.3 Å². The lowest BCUT2D eigenvalue weighted by Gasteiger charge is -2.26. The lowest BCUT2D eigenvalue weighted by molar-refractivity contribution is 0.288. The Hall–Kier alpha value is -1.50. The molecule has 2 aromatic heterocycles. The highest BCUT2D eigenvalue weighted by molar-refractivity contribution is 7.99. The Balaban J connectivity index is 1.17. The van der Waals surface area contributed by atoms with Gasteiger partial charge in [0.15, 0.2) is 11.8 Å². The zero-order valence-corrected chi connectivity index (χ0v) is 28.4. The molecule has 234 valence electrons. The summed E-state index contributed by atoms with van der Waals surface area (Å²) in [6, 6.07) is 3.24. The second-order valence-corrected chi connectivity index (χ2v) is 18.5. The summed E-state index contributed by atoms with van der Waals surface area (Å²) in [5.41, 5.74) is 1.05. The maximum absolute atomic E-state index is 12.7.